The largest absolute Gasteiger partial charge is 0.301 e. The van der Waals surface area contributed by atoms with Crippen molar-refractivity contribution < 1.29 is 4.79 Å². The topological polar surface area (TPSA) is 101 Å². The Morgan fingerprint density at radius 3 is 2.67 bits per heavy atom. The second-order valence-corrected chi connectivity index (χ2v) is 7.94. The van der Waals surface area contributed by atoms with Crippen LogP contribution in [0.2, 0.25) is 0 Å². The third-order valence-electron chi connectivity index (χ3n) is 3.79. The molecule has 0 spiro atoms. The summed E-state index contributed by atoms with van der Waals surface area (Å²) in [4.78, 5) is 31.5. The molecule has 2 aromatic heterocycles. The molecule has 9 heteroatoms. The van der Waals surface area contributed by atoms with E-state index in [4.69, 9.17) is 0 Å². The van der Waals surface area contributed by atoms with Crippen molar-refractivity contribution in [2.24, 2.45) is 0 Å². The predicted molar refractivity (Wildman–Crippen MR) is 107 cm³/mol. The van der Waals surface area contributed by atoms with Gasteiger partial charge in [-0.2, -0.15) is 0 Å². The lowest BCUT2D eigenvalue weighted by atomic mass is 10.1. The van der Waals surface area contributed by atoms with E-state index in [1.165, 1.54) is 22.5 Å². The number of nitrogens with zero attached hydrogens (tertiary/aromatic N) is 3. The molecule has 3 rings (SSSR count). The molecule has 1 aromatic carbocycles. The quantitative estimate of drug-likeness (QED) is 0.591. The van der Waals surface area contributed by atoms with Gasteiger partial charge in [-0.15, -0.1) is 21.5 Å². The third kappa shape index (κ3) is 5.48. The first-order valence-corrected chi connectivity index (χ1v) is 10.2. The number of aromatic nitrogens is 4. The van der Waals surface area contributed by atoms with Crippen LogP contribution in [0, 0.1) is 6.92 Å². The number of hydrogen-bond donors (Lipinski definition) is 2. The number of carbonyl (C=O) groups excluding carboxylic acids is 1. The predicted octanol–water partition coefficient (Wildman–Crippen LogP) is 2.81. The van der Waals surface area contributed by atoms with Crippen molar-refractivity contribution in [2.75, 3.05) is 11.1 Å². The number of carbonyl (C=O) groups is 1. The van der Waals surface area contributed by atoms with E-state index >= 15 is 0 Å². The number of thioether (sulfide) groups is 1. The summed E-state index contributed by atoms with van der Waals surface area (Å²) in [6, 6.07) is 8.51. The zero-order valence-electron chi connectivity index (χ0n) is 15.0. The number of thiazole rings is 1. The van der Waals surface area contributed by atoms with Gasteiger partial charge >= 0.3 is 0 Å². The molecule has 27 heavy (non-hydrogen) atoms. The number of aryl methyl sites for hydroxylation is 2. The first kappa shape index (κ1) is 19.2. The fourth-order valence-electron chi connectivity index (χ4n) is 2.27. The van der Waals surface area contributed by atoms with Gasteiger partial charge in [0.2, 0.25) is 5.91 Å². The minimum absolute atomic E-state index is 0.112. The molecule has 7 nitrogen and oxygen atoms in total. The monoisotopic (exact) mass is 401 g/mol. The Hall–Kier alpha value is -2.52. The second-order valence-electron chi connectivity index (χ2n) is 5.86. The van der Waals surface area contributed by atoms with E-state index in [0.29, 0.717) is 16.0 Å². The summed E-state index contributed by atoms with van der Waals surface area (Å²) >= 11 is 2.57. The van der Waals surface area contributed by atoms with Crippen LogP contribution in [0.5, 0.6) is 0 Å². The van der Waals surface area contributed by atoms with Crippen LogP contribution >= 0.6 is 23.1 Å². The molecule has 0 atom stereocenters. The zero-order valence-corrected chi connectivity index (χ0v) is 16.6. The van der Waals surface area contributed by atoms with E-state index < -0.39 is 0 Å². The lowest BCUT2D eigenvalue weighted by Crippen LogP contribution is -2.17. The average molecular weight is 402 g/mol. The minimum Gasteiger partial charge on any atom is -0.301 e. The van der Waals surface area contributed by atoms with Gasteiger partial charge in [-0.1, -0.05) is 43.0 Å². The number of hydrogen-bond acceptors (Lipinski definition) is 7. The summed E-state index contributed by atoms with van der Waals surface area (Å²) in [7, 11) is 0. The van der Waals surface area contributed by atoms with Gasteiger partial charge in [-0.25, -0.2) is 4.98 Å². The Kier molecular flexibility index (Phi) is 6.36. The van der Waals surface area contributed by atoms with Crippen LogP contribution in [0.4, 0.5) is 5.13 Å². The van der Waals surface area contributed by atoms with Crippen molar-refractivity contribution in [2.45, 2.75) is 31.8 Å². The molecule has 0 saturated carbocycles. The SMILES string of the molecule is CCc1ccc(Cc2cnc(NC(=O)CSc3nnc(C)c(=O)[nH]3)s2)cc1. The van der Waals surface area contributed by atoms with Crippen LogP contribution in [0.1, 0.15) is 28.6 Å². The van der Waals surface area contributed by atoms with Crippen LogP contribution in [-0.2, 0) is 17.6 Å². The van der Waals surface area contributed by atoms with Crippen molar-refractivity contribution in [1.82, 2.24) is 20.2 Å². The van der Waals surface area contributed by atoms with Gasteiger partial charge in [-0.3, -0.25) is 14.6 Å². The number of anilines is 1. The van der Waals surface area contributed by atoms with E-state index in [-0.39, 0.29) is 17.2 Å². The zero-order chi connectivity index (χ0) is 19.2. The molecule has 0 radical (unpaired) electrons. The van der Waals surface area contributed by atoms with Crippen LogP contribution in [0.25, 0.3) is 0 Å². The van der Waals surface area contributed by atoms with Gasteiger partial charge in [-0.05, 0) is 24.5 Å². The van der Waals surface area contributed by atoms with Crippen LogP contribution in [0.3, 0.4) is 0 Å². The summed E-state index contributed by atoms with van der Waals surface area (Å²) in [6.45, 7) is 3.71. The number of rotatable bonds is 7. The minimum atomic E-state index is -0.301. The van der Waals surface area contributed by atoms with Gasteiger partial charge in [0.25, 0.3) is 5.56 Å². The molecule has 0 fully saturated rings. The molecule has 0 bridgehead atoms. The summed E-state index contributed by atoms with van der Waals surface area (Å²) in [5.41, 5.74) is 2.52. The Morgan fingerprint density at radius 2 is 1.96 bits per heavy atom. The number of aromatic amines is 1. The van der Waals surface area contributed by atoms with Crippen molar-refractivity contribution in [1.29, 1.82) is 0 Å². The maximum atomic E-state index is 12.1. The molecule has 2 heterocycles. The Balaban J connectivity index is 1.52. The highest BCUT2D eigenvalue weighted by molar-refractivity contribution is 7.99. The number of amides is 1. The van der Waals surface area contributed by atoms with Gasteiger partial charge in [0.05, 0.1) is 5.75 Å². The molecular formula is C18H19N5O2S2. The first-order chi connectivity index (χ1) is 13.0. The van der Waals surface area contributed by atoms with Gasteiger partial charge < -0.3 is 5.32 Å². The van der Waals surface area contributed by atoms with E-state index in [0.717, 1.165) is 29.5 Å². The standard InChI is InChI=1S/C18H19N5O2S2/c1-3-12-4-6-13(7-5-12)8-14-9-19-17(27-14)20-15(24)10-26-18-21-16(25)11(2)22-23-18/h4-7,9H,3,8,10H2,1-2H3,(H,19,20,24)(H,21,23,25). The summed E-state index contributed by atoms with van der Waals surface area (Å²) < 4.78 is 0. The Morgan fingerprint density at radius 1 is 1.22 bits per heavy atom. The van der Waals surface area contributed by atoms with Crippen molar-refractivity contribution in [3.8, 4) is 0 Å². The van der Waals surface area contributed by atoms with Crippen LogP contribution < -0.4 is 10.9 Å². The smallest absolute Gasteiger partial charge is 0.273 e. The Bertz CT molecular complexity index is 982. The van der Waals surface area contributed by atoms with E-state index in [1.807, 2.05) is 0 Å². The molecular weight excluding hydrogens is 382 g/mol. The van der Waals surface area contributed by atoms with Crippen LogP contribution in [-0.4, -0.2) is 31.8 Å². The van der Waals surface area contributed by atoms with E-state index in [2.05, 4.69) is 56.7 Å². The highest BCUT2D eigenvalue weighted by Crippen LogP contribution is 2.22. The number of H-pyrrole nitrogens is 1. The molecule has 2 N–H and O–H groups in total. The Labute approximate surface area is 164 Å². The fourth-order valence-corrected chi connectivity index (χ4v) is 3.74. The summed E-state index contributed by atoms with van der Waals surface area (Å²) in [5, 5.41) is 11.2. The van der Waals surface area contributed by atoms with Crippen molar-refractivity contribution in [3.63, 3.8) is 0 Å². The average Bonchev–Trinajstić information content (AvgIpc) is 3.10. The second kappa shape index (κ2) is 8.92. The highest BCUT2D eigenvalue weighted by atomic mass is 32.2. The maximum Gasteiger partial charge on any atom is 0.273 e. The van der Waals surface area contributed by atoms with E-state index in [9.17, 15) is 9.59 Å². The third-order valence-corrected chi connectivity index (χ3v) is 5.57. The summed E-state index contributed by atoms with van der Waals surface area (Å²) in [6.07, 6.45) is 3.59. The van der Waals surface area contributed by atoms with Crippen molar-refractivity contribution >= 4 is 34.1 Å². The molecule has 0 saturated heterocycles. The van der Waals surface area contributed by atoms with Gasteiger partial charge in [0.1, 0.15) is 5.69 Å². The lowest BCUT2D eigenvalue weighted by molar-refractivity contribution is -0.113. The maximum absolute atomic E-state index is 12.1. The normalized spacial score (nSPS) is 10.7. The lowest BCUT2D eigenvalue weighted by Gasteiger charge is -2.02. The number of nitrogens with one attached hydrogen (secondary N) is 2. The molecule has 3 aromatic rings. The van der Waals surface area contributed by atoms with Crippen LogP contribution in [0.15, 0.2) is 40.4 Å². The van der Waals surface area contributed by atoms with Gasteiger partial charge in [0.15, 0.2) is 10.3 Å². The van der Waals surface area contributed by atoms with Crippen molar-refractivity contribution in [3.05, 3.63) is 62.5 Å². The highest BCUT2D eigenvalue weighted by Gasteiger charge is 2.10. The van der Waals surface area contributed by atoms with Gasteiger partial charge in [0, 0.05) is 17.5 Å². The van der Waals surface area contributed by atoms with E-state index in [1.54, 1.807) is 13.1 Å². The molecule has 0 unspecified atom stereocenters. The summed E-state index contributed by atoms with van der Waals surface area (Å²) in [5.74, 6) is -0.0995. The molecule has 1 amide bonds. The number of benzene rings is 1. The first-order valence-electron chi connectivity index (χ1n) is 8.42. The fraction of sp³-hybridized carbons (Fsp3) is 0.278. The molecule has 0 aliphatic heterocycles. The molecule has 0 aliphatic rings. The molecule has 140 valence electrons. The molecule has 0 aliphatic carbocycles.